The van der Waals surface area contributed by atoms with Crippen molar-refractivity contribution >= 4 is 27.4 Å². The first-order valence-electron chi connectivity index (χ1n) is 6.01. The molecule has 0 aliphatic rings. The lowest BCUT2D eigenvalue weighted by Crippen LogP contribution is -2.40. The molecule has 0 fully saturated rings. The van der Waals surface area contributed by atoms with Crippen LogP contribution in [0.4, 0.5) is 0 Å². The second kappa shape index (κ2) is 5.50. The zero-order chi connectivity index (χ0) is 13.1. The van der Waals surface area contributed by atoms with E-state index in [0.29, 0.717) is 6.54 Å². The Morgan fingerprint density at radius 2 is 2.11 bits per heavy atom. The van der Waals surface area contributed by atoms with Gasteiger partial charge >= 0.3 is 5.97 Å². The largest absolute Gasteiger partial charge is 0.480 e. The van der Waals surface area contributed by atoms with E-state index in [9.17, 15) is 4.79 Å². The van der Waals surface area contributed by atoms with Gasteiger partial charge in [-0.2, -0.15) is 0 Å². The van der Waals surface area contributed by atoms with Gasteiger partial charge in [0.25, 0.3) is 0 Å². The quantitative estimate of drug-likeness (QED) is 0.871. The molecular formula is C14H17NO2S. The predicted molar refractivity (Wildman–Crippen MR) is 74.9 cm³/mol. The van der Waals surface area contributed by atoms with Crippen molar-refractivity contribution in [3.63, 3.8) is 0 Å². The summed E-state index contributed by atoms with van der Waals surface area (Å²) in [5.74, 6) is -0.711. The summed E-state index contributed by atoms with van der Waals surface area (Å²) in [7, 11) is 0. The normalized spacial score (nSPS) is 13.1. The molecule has 4 heteroatoms. The van der Waals surface area contributed by atoms with E-state index in [-0.39, 0.29) is 5.92 Å². The molecule has 2 rings (SSSR count). The number of aliphatic carboxylic acids is 1. The Morgan fingerprint density at radius 3 is 2.78 bits per heavy atom. The highest BCUT2D eigenvalue weighted by Crippen LogP contribution is 2.25. The Hall–Kier alpha value is -1.39. The zero-order valence-corrected chi connectivity index (χ0v) is 11.3. The maximum atomic E-state index is 11.1. The molecule has 0 radical (unpaired) electrons. The van der Waals surface area contributed by atoms with Gasteiger partial charge in [-0.05, 0) is 28.3 Å². The van der Waals surface area contributed by atoms with Crippen molar-refractivity contribution < 1.29 is 9.90 Å². The lowest BCUT2D eigenvalue weighted by atomic mass is 10.0. The molecule has 1 aromatic carbocycles. The van der Waals surface area contributed by atoms with Crippen LogP contribution in [0, 0.1) is 5.92 Å². The molecule has 0 bridgehead atoms. The van der Waals surface area contributed by atoms with Gasteiger partial charge < -0.3 is 10.4 Å². The maximum absolute atomic E-state index is 11.1. The van der Waals surface area contributed by atoms with Crippen LogP contribution in [-0.2, 0) is 11.3 Å². The van der Waals surface area contributed by atoms with Crippen LogP contribution in [0.25, 0.3) is 10.1 Å². The first-order chi connectivity index (χ1) is 8.59. The molecule has 0 saturated carbocycles. The number of benzene rings is 1. The number of thiophene rings is 1. The van der Waals surface area contributed by atoms with Crippen LogP contribution in [0.15, 0.2) is 29.6 Å². The third-order valence-corrected chi connectivity index (χ3v) is 4.02. The highest BCUT2D eigenvalue weighted by molar-refractivity contribution is 7.17. The molecule has 96 valence electrons. The minimum Gasteiger partial charge on any atom is -0.480 e. The van der Waals surface area contributed by atoms with E-state index in [2.05, 4.69) is 22.8 Å². The summed E-state index contributed by atoms with van der Waals surface area (Å²) < 4.78 is 1.24. The third kappa shape index (κ3) is 2.71. The number of hydrogen-bond acceptors (Lipinski definition) is 3. The number of rotatable bonds is 5. The molecule has 0 spiro atoms. The molecule has 18 heavy (non-hydrogen) atoms. The van der Waals surface area contributed by atoms with E-state index in [0.717, 1.165) is 0 Å². The van der Waals surface area contributed by atoms with Gasteiger partial charge in [-0.3, -0.25) is 4.79 Å². The van der Waals surface area contributed by atoms with Crippen molar-refractivity contribution in [3.8, 4) is 0 Å². The van der Waals surface area contributed by atoms with Crippen LogP contribution < -0.4 is 5.32 Å². The molecule has 0 aliphatic carbocycles. The monoisotopic (exact) mass is 263 g/mol. The minimum absolute atomic E-state index is 0.0763. The molecule has 0 aliphatic heterocycles. The Labute approximate surface area is 110 Å². The van der Waals surface area contributed by atoms with Crippen molar-refractivity contribution in [1.82, 2.24) is 5.32 Å². The van der Waals surface area contributed by atoms with Crippen molar-refractivity contribution in [2.45, 2.75) is 26.4 Å². The van der Waals surface area contributed by atoms with Crippen molar-refractivity contribution in [2.75, 3.05) is 0 Å². The molecule has 0 saturated heterocycles. The van der Waals surface area contributed by atoms with E-state index >= 15 is 0 Å². The smallest absolute Gasteiger partial charge is 0.320 e. The van der Waals surface area contributed by atoms with Crippen LogP contribution in [0.3, 0.4) is 0 Å². The molecule has 2 N–H and O–H groups in total. The van der Waals surface area contributed by atoms with Crippen LogP contribution in [-0.4, -0.2) is 17.1 Å². The topological polar surface area (TPSA) is 49.3 Å². The number of carboxylic acid groups (broad SMARTS) is 1. The van der Waals surface area contributed by atoms with E-state index in [1.165, 1.54) is 15.6 Å². The SMILES string of the molecule is CC(C)C(NCc1csc2ccccc12)C(=O)O. The van der Waals surface area contributed by atoms with Gasteiger partial charge in [0.05, 0.1) is 0 Å². The molecule has 1 aromatic heterocycles. The fourth-order valence-electron chi connectivity index (χ4n) is 2.00. The summed E-state index contributed by atoms with van der Waals surface area (Å²) in [6, 6.07) is 7.69. The second-order valence-corrected chi connectivity index (χ2v) is 5.61. The molecule has 2 aromatic rings. The van der Waals surface area contributed by atoms with Gasteiger partial charge in [0.2, 0.25) is 0 Å². The zero-order valence-electron chi connectivity index (χ0n) is 10.5. The molecule has 1 unspecified atom stereocenters. The first-order valence-corrected chi connectivity index (χ1v) is 6.89. The number of carbonyl (C=O) groups is 1. The number of fused-ring (bicyclic) bond motifs is 1. The molecule has 0 amide bonds. The number of carboxylic acids is 1. The molecule has 1 atom stereocenters. The average Bonchev–Trinajstić information content (AvgIpc) is 2.72. The summed E-state index contributed by atoms with van der Waals surface area (Å²) in [6.45, 7) is 4.42. The Morgan fingerprint density at radius 1 is 1.39 bits per heavy atom. The second-order valence-electron chi connectivity index (χ2n) is 4.70. The standard InChI is InChI=1S/C14H17NO2S/c1-9(2)13(14(16)17)15-7-10-8-18-12-6-4-3-5-11(10)12/h3-6,8-9,13,15H,7H2,1-2H3,(H,16,17). The summed E-state index contributed by atoms with van der Waals surface area (Å²) >= 11 is 1.69. The predicted octanol–water partition coefficient (Wildman–Crippen LogP) is 3.10. The van der Waals surface area contributed by atoms with E-state index in [1.807, 2.05) is 26.0 Å². The van der Waals surface area contributed by atoms with Crippen LogP contribution in [0.5, 0.6) is 0 Å². The van der Waals surface area contributed by atoms with Gasteiger partial charge in [-0.25, -0.2) is 0 Å². The summed E-state index contributed by atoms with van der Waals surface area (Å²) in [5, 5.41) is 15.6. The number of hydrogen-bond donors (Lipinski definition) is 2. The van der Waals surface area contributed by atoms with E-state index < -0.39 is 12.0 Å². The summed E-state index contributed by atoms with van der Waals surface area (Å²) in [6.07, 6.45) is 0. The van der Waals surface area contributed by atoms with Crippen LogP contribution >= 0.6 is 11.3 Å². The third-order valence-electron chi connectivity index (χ3n) is 3.01. The van der Waals surface area contributed by atoms with Crippen molar-refractivity contribution in [1.29, 1.82) is 0 Å². The van der Waals surface area contributed by atoms with E-state index in [1.54, 1.807) is 11.3 Å². The van der Waals surface area contributed by atoms with Gasteiger partial charge in [0.1, 0.15) is 6.04 Å². The van der Waals surface area contributed by atoms with E-state index in [4.69, 9.17) is 5.11 Å². The summed E-state index contributed by atoms with van der Waals surface area (Å²) in [5.41, 5.74) is 1.17. The fraction of sp³-hybridized carbons (Fsp3) is 0.357. The highest BCUT2D eigenvalue weighted by Gasteiger charge is 2.20. The maximum Gasteiger partial charge on any atom is 0.320 e. The van der Waals surface area contributed by atoms with Gasteiger partial charge in [0.15, 0.2) is 0 Å². The highest BCUT2D eigenvalue weighted by atomic mass is 32.1. The van der Waals surface area contributed by atoms with Gasteiger partial charge in [-0.1, -0.05) is 32.0 Å². The van der Waals surface area contributed by atoms with Gasteiger partial charge in [-0.15, -0.1) is 11.3 Å². The van der Waals surface area contributed by atoms with Crippen LogP contribution in [0.2, 0.25) is 0 Å². The average molecular weight is 263 g/mol. The fourth-order valence-corrected chi connectivity index (χ4v) is 2.96. The molecule has 3 nitrogen and oxygen atoms in total. The number of nitrogens with one attached hydrogen (secondary N) is 1. The summed E-state index contributed by atoms with van der Waals surface area (Å²) in [4.78, 5) is 11.1. The Bertz CT molecular complexity index is 547. The van der Waals surface area contributed by atoms with Crippen molar-refractivity contribution in [2.24, 2.45) is 5.92 Å². The molecule has 1 heterocycles. The van der Waals surface area contributed by atoms with Gasteiger partial charge in [0, 0.05) is 11.2 Å². The minimum atomic E-state index is -0.787. The Balaban J connectivity index is 2.12. The van der Waals surface area contributed by atoms with Crippen molar-refractivity contribution in [3.05, 3.63) is 35.2 Å². The Kier molecular flexibility index (Phi) is 3.99. The lowest BCUT2D eigenvalue weighted by molar-refractivity contribution is -0.140. The lowest BCUT2D eigenvalue weighted by Gasteiger charge is -2.17. The molecular weight excluding hydrogens is 246 g/mol. The first kappa shape index (κ1) is 13.1. The van der Waals surface area contributed by atoms with Crippen LogP contribution in [0.1, 0.15) is 19.4 Å².